The van der Waals surface area contributed by atoms with Crippen LogP contribution in [0.4, 0.5) is 0 Å². The van der Waals surface area contributed by atoms with Crippen molar-refractivity contribution in [2.24, 2.45) is 0 Å². The first kappa shape index (κ1) is 70.6. The molecule has 426 valence electrons. The zero-order chi connectivity index (χ0) is 53.6. The smallest absolute Gasteiger partial charge is 0.306 e. The van der Waals surface area contributed by atoms with E-state index in [0.29, 0.717) is 19.3 Å². The van der Waals surface area contributed by atoms with E-state index < -0.39 is 6.10 Å². The van der Waals surface area contributed by atoms with Crippen molar-refractivity contribution in [1.29, 1.82) is 0 Å². The Hall–Kier alpha value is -3.41. The van der Waals surface area contributed by atoms with Gasteiger partial charge in [0.15, 0.2) is 6.10 Å². The van der Waals surface area contributed by atoms with E-state index in [-0.39, 0.29) is 37.5 Å². The Balaban J connectivity index is 4.21. The van der Waals surface area contributed by atoms with Gasteiger partial charge in [-0.25, -0.2) is 0 Å². The molecular weight excluding hydrogens is 913 g/mol. The first-order valence-corrected chi connectivity index (χ1v) is 31.6. The van der Waals surface area contributed by atoms with Crippen LogP contribution in [0.2, 0.25) is 0 Å². The van der Waals surface area contributed by atoms with Crippen molar-refractivity contribution in [3.63, 3.8) is 0 Å². The predicted molar refractivity (Wildman–Crippen MR) is 321 cm³/mol. The number of esters is 3. The lowest BCUT2D eigenvalue weighted by Crippen LogP contribution is -2.30. The zero-order valence-electron chi connectivity index (χ0n) is 48.8. The van der Waals surface area contributed by atoms with Crippen molar-refractivity contribution in [2.45, 2.75) is 316 Å². The second-order valence-corrected chi connectivity index (χ2v) is 20.9. The summed E-state index contributed by atoms with van der Waals surface area (Å²) in [5.74, 6) is -0.946. The van der Waals surface area contributed by atoms with Gasteiger partial charge in [-0.05, 0) is 89.9 Å². The summed E-state index contributed by atoms with van der Waals surface area (Å²) in [6.07, 6.45) is 81.9. The molecule has 0 bridgehead atoms. The minimum atomic E-state index is -0.804. The molecule has 0 saturated heterocycles. The Morgan fingerprint density at radius 2 is 0.541 bits per heavy atom. The van der Waals surface area contributed by atoms with Crippen LogP contribution < -0.4 is 0 Å². The van der Waals surface area contributed by atoms with Crippen LogP contribution in [0.25, 0.3) is 0 Å². The van der Waals surface area contributed by atoms with Gasteiger partial charge in [-0.3, -0.25) is 14.4 Å². The Morgan fingerprint density at radius 1 is 0.284 bits per heavy atom. The van der Waals surface area contributed by atoms with Gasteiger partial charge in [0.25, 0.3) is 0 Å². The summed E-state index contributed by atoms with van der Waals surface area (Å²) < 4.78 is 16.8. The van der Waals surface area contributed by atoms with Gasteiger partial charge < -0.3 is 14.2 Å². The van der Waals surface area contributed by atoms with Crippen LogP contribution >= 0.6 is 0 Å². The molecule has 0 aliphatic rings. The molecule has 0 radical (unpaired) electrons. The highest BCUT2D eigenvalue weighted by Gasteiger charge is 2.19. The van der Waals surface area contributed by atoms with Gasteiger partial charge in [0, 0.05) is 19.3 Å². The number of hydrogen-bond donors (Lipinski definition) is 0. The third-order valence-electron chi connectivity index (χ3n) is 13.6. The van der Waals surface area contributed by atoms with E-state index in [1.807, 2.05) is 0 Å². The molecule has 1 unspecified atom stereocenters. The lowest BCUT2D eigenvalue weighted by molar-refractivity contribution is -0.167. The summed E-state index contributed by atoms with van der Waals surface area (Å²) in [5, 5.41) is 0. The van der Waals surface area contributed by atoms with Crippen molar-refractivity contribution in [3.05, 3.63) is 85.1 Å². The maximum Gasteiger partial charge on any atom is 0.306 e. The van der Waals surface area contributed by atoms with E-state index in [1.165, 1.54) is 180 Å². The number of carbonyl (C=O) groups excluding carboxylic acids is 3. The van der Waals surface area contributed by atoms with Gasteiger partial charge in [-0.15, -0.1) is 0 Å². The van der Waals surface area contributed by atoms with Crippen molar-refractivity contribution < 1.29 is 28.6 Å². The van der Waals surface area contributed by atoms with Gasteiger partial charge in [0.1, 0.15) is 13.2 Å². The van der Waals surface area contributed by atoms with Gasteiger partial charge >= 0.3 is 17.9 Å². The minimum Gasteiger partial charge on any atom is -0.462 e. The lowest BCUT2D eigenvalue weighted by Gasteiger charge is -2.18. The molecule has 6 nitrogen and oxygen atoms in total. The van der Waals surface area contributed by atoms with Crippen LogP contribution in [0, 0.1) is 0 Å². The summed E-state index contributed by atoms with van der Waals surface area (Å²) in [5.41, 5.74) is 0. The molecule has 0 saturated carbocycles. The number of allylic oxidation sites excluding steroid dienone is 14. The van der Waals surface area contributed by atoms with E-state index in [9.17, 15) is 14.4 Å². The van der Waals surface area contributed by atoms with Crippen LogP contribution in [0.3, 0.4) is 0 Å². The lowest BCUT2D eigenvalue weighted by atomic mass is 10.0. The Bertz CT molecular complexity index is 1420. The fourth-order valence-corrected chi connectivity index (χ4v) is 8.92. The quantitative estimate of drug-likeness (QED) is 0.0261. The molecule has 0 aliphatic heterocycles. The Labute approximate surface area is 458 Å². The average molecular weight is 1030 g/mol. The number of hydrogen-bond acceptors (Lipinski definition) is 6. The van der Waals surface area contributed by atoms with Crippen LogP contribution in [0.5, 0.6) is 0 Å². The van der Waals surface area contributed by atoms with Gasteiger partial charge in [-0.2, -0.15) is 0 Å². The molecule has 74 heavy (non-hydrogen) atoms. The summed E-state index contributed by atoms with van der Waals surface area (Å²) in [4.78, 5) is 38.1. The van der Waals surface area contributed by atoms with Crippen LogP contribution in [0.15, 0.2) is 85.1 Å². The maximum absolute atomic E-state index is 12.8. The van der Waals surface area contributed by atoms with Crippen molar-refractivity contribution in [3.8, 4) is 0 Å². The summed E-state index contributed by atoms with van der Waals surface area (Å²) in [6, 6.07) is 0. The monoisotopic (exact) mass is 1030 g/mol. The Morgan fingerprint density at radius 3 is 0.865 bits per heavy atom. The predicted octanol–water partition coefficient (Wildman–Crippen LogP) is 21.5. The topological polar surface area (TPSA) is 78.9 Å². The number of unbranched alkanes of at least 4 members (excludes halogenated alkanes) is 32. The van der Waals surface area contributed by atoms with E-state index >= 15 is 0 Å². The minimum absolute atomic E-state index is 0.0960. The number of carbonyl (C=O) groups is 3. The molecule has 0 heterocycles. The zero-order valence-corrected chi connectivity index (χ0v) is 48.8. The molecule has 6 heteroatoms. The summed E-state index contributed by atoms with van der Waals surface area (Å²) in [6.45, 7) is 6.48. The second-order valence-electron chi connectivity index (χ2n) is 20.9. The van der Waals surface area contributed by atoms with Gasteiger partial charge in [0.2, 0.25) is 0 Å². The first-order chi connectivity index (χ1) is 36.5. The normalized spacial score (nSPS) is 12.6. The molecule has 0 rings (SSSR count). The molecule has 0 aromatic heterocycles. The molecule has 0 aromatic rings. The standard InChI is InChI=1S/C68H118O6/c1-4-7-10-13-16-19-22-24-26-28-29-30-31-32-33-34-35-36-37-38-39-41-42-44-46-49-52-55-58-61-67(70)73-64-65(63-72-66(69)60-57-54-51-48-21-18-15-12-9-6-3)74-68(71)62-59-56-53-50-47-45-43-40-27-25-23-20-17-14-11-8-5-2/h8,11,17,20,22,24-25,27-29,43,45,50,53,65H,4-7,9-10,12-16,18-19,21,23,26,30-42,44,46-49,51-52,54-64H2,1-3H3/b11-8-,20-17-,24-22-,27-25-,29-28-,45-43-,53-50-. The van der Waals surface area contributed by atoms with E-state index in [0.717, 1.165) is 83.5 Å². The number of ether oxygens (including phenoxy) is 3. The molecule has 1 atom stereocenters. The molecule has 0 N–H and O–H groups in total. The average Bonchev–Trinajstić information content (AvgIpc) is 3.40. The largest absolute Gasteiger partial charge is 0.462 e. The Kier molecular flexibility index (Phi) is 59.3. The van der Waals surface area contributed by atoms with Gasteiger partial charge in [0.05, 0.1) is 0 Å². The van der Waals surface area contributed by atoms with Gasteiger partial charge in [-0.1, -0.05) is 286 Å². The maximum atomic E-state index is 12.8. The van der Waals surface area contributed by atoms with Crippen molar-refractivity contribution in [1.82, 2.24) is 0 Å². The highest BCUT2D eigenvalue weighted by atomic mass is 16.6. The molecule has 0 aromatic carbocycles. The fraction of sp³-hybridized carbons (Fsp3) is 0.750. The fourth-order valence-electron chi connectivity index (χ4n) is 8.92. The highest BCUT2D eigenvalue weighted by Crippen LogP contribution is 2.16. The van der Waals surface area contributed by atoms with Crippen LogP contribution in [0.1, 0.15) is 310 Å². The molecular formula is C68H118O6. The van der Waals surface area contributed by atoms with Crippen molar-refractivity contribution >= 4 is 17.9 Å². The van der Waals surface area contributed by atoms with E-state index in [4.69, 9.17) is 14.2 Å². The molecule has 0 aliphatic carbocycles. The SMILES string of the molecule is CC/C=C\C/C=C\C/C=C\C/C=C\C/C=C\CCCC(=O)OC(COC(=O)CCCCCCCCCCCC)COC(=O)CCCCCCCCCCCCCCCCCCC/C=C\C/C=C\CCCCCCC. The third-order valence-corrected chi connectivity index (χ3v) is 13.6. The molecule has 0 amide bonds. The first-order valence-electron chi connectivity index (χ1n) is 31.6. The second kappa shape index (κ2) is 62.1. The van der Waals surface area contributed by atoms with E-state index in [2.05, 4.69) is 106 Å². The molecule has 0 fully saturated rings. The van der Waals surface area contributed by atoms with Crippen LogP contribution in [-0.2, 0) is 28.6 Å². The van der Waals surface area contributed by atoms with Crippen LogP contribution in [-0.4, -0.2) is 37.2 Å². The van der Waals surface area contributed by atoms with Crippen molar-refractivity contribution in [2.75, 3.05) is 13.2 Å². The van der Waals surface area contributed by atoms with E-state index in [1.54, 1.807) is 0 Å². The third kappa shape index (κ3) is 59.5. The number of rotatable bonds is 57. The summed E-state index contributed by atoms with van der Waals surface area (Å²) >= 11 is 0. The highest BCUT2D eigenvalue weighted by molar-refractivity contribution is 5.71. The summed E-state index contributed by atoms with van der Waals surface area (Å²) in [7, 11) is 0. The molecule has 0 spiro atoms.